The maximum atomic E-state index is 6.03. The van der Waals surface area contributed by atoms with Crippen molar-refractivity contribution in [1.29, 1.82) is 0 Å². The quantitative estimate of drug-likeness (QED) is 0.894. The minimum absolute atomic E-state index is 0.286. The Morgan fingerprint density at radius 3 is 2.58 bits per heavy atom. The molecule has 0 saturated carbocycles. The van der Waals surface area contributed by atoms with Gasteiger partial charge in [0.1, 0.15) is 6.10 Å². The van der Waals surface area contributed by atoms with Crippen LogP contribution in [0, 0.1) is 0 Å². The largest absolute Gasteiger partial charge is 0.473 e. The van der Waals surface area contributed by atoms with E-state index in [1.165, 1.54) is 12.8 Å². The van der Waals surface area contributed by atoms with Crippen molar-refractivity contribution >= 4 is 11.0 Å². The molecule has 0 amide bonds. The highest BCUT2D eigenvalue weighted by Crippen LogP contribution is 2.29. The number of ether oxygens (including phenoxy) is 1. The van der Waals surface area contributed by atoms with Crippen molar-refractivity contribution in [2.75, 3.05) is 0 Å². The summed E-state index contributed by atoms with van der Waals surface area (Å²) in [5.41, 5.74) is 1.82. The smallest absolute Gasteiger partial charge is 0.233 e. The number of piperidine rings is 1. The Morgan fingerprint density at radius 1 is 1.05 bits per heavy atom. The maximum Gasteiger partial charge on any atom is 0.233 e. The van der Waals surface area contributed by atoms with Crippen molar-refractivity contribution in [2.24, 2.45) is 0 Å². The fraction of sp³-hybridized carbons (Fsp3) is 0.467. The normalized spacial score (nSPS) is 29.6. The van der Waals surface area contributed by atoms with E-state index in [0.29, 0.717) is 18.0 Å². The average Bonchev–Trinajstić information content (AvgIpc) is 2.78. The number of nitrogens with zero attached hydrogens (tertiary/aromatic N) is 2. The summed E-state index contributed by atoms with van der Waals surface area (Å²) in [6.45, 7) is 0. The summed E-state index contributed by atoms with van der Waals surface area (Å²) in [6, 6.07) is 9.17. The van der Waals surface area contributed by atoms with Gasteiger partial charge < -0.3 is 10.1 Å². The van der Waals surface area contributed by atoms with Gasteiger partial charge in [0.15, 0.2) is 0 Å². The molecule has 2 aliphatic rings. The molecule has 1 unspecified atom stereocenters. The Morgan fingerprint density at radius 2 is 1.79 bits per heavy atom. The van der Waals surface area contributed by atoms with Crippen LogP contribution >= 0.6 is 0 Å². The monoisotopic (exact) mass is 255 g/mol. The van der Waals surface area contributed by atoms with Crippen LogP contribution < -0.4 is 10.1 Å². The molecule has 1 aromatic heterocycles. The number of aromatic nitrogens is 2. The predicted molar refractivity (Wildman–Crippen MR) is 73.1 cm³/mol. The van der Waals surface area contributed by atoms with Crippen molar-refractivity contribution in [1.82, 2.24) is 15.3 Å². The second-order valence-electron chi connectivity index (χ2n) is 5.55. The molecular formula is C15H17N3O. The van der Waals surface area contributed by atoms with Gasteiger partial charge in [-0.25, -0.2) is 9.97 Å². The third kappa shape index (κ3) is 2.16. The Hall–Kier alpha value is -1.68. The first kappa shape index (κ1) is 11.2. The number of hydrogen-bond acceptors (Lipinski definition) is 4. The number of hydrogen-bond donors (Lipinski definition) is 1. The van der Waals surface area contributed by atoms with Gasteiger partial charge in [-0.05, 0) is 37.8 Å². The first-order valence-electron chi connectivity index (χ1n) is 7.01. The van der Waals surface area contributed by atoms with Gasteiger partial charge in [-0.1, -0.05) is 12.1 Å². The van der Waals surface area contributed by atoms with Gasteiger partial charge >= 0.3 is 0 Å². The number of rotatable bonds is 2. The second kappa shape index (κ2) is 4.46. The summed E-state index contributed by atoms with van der Waals surface area (Å²) < 4.78 is 6.03. The highest BCUT2D eigenvalue weighted by atomic mass is 16.5. The summed E-state index contributed by atoms with van der Waals surface area (Å²) in [5.74, 6) is 0.657. The molecule has 0 radical (unpaired) electrons. The third-order valence-corrected chi connectivity index (χ3v) is 4.14. The van der Waals surface area contributed by atoms with E-state index in [0.717, 1.165) is 23.9 Å². The Labute approximate surface area is 112 Å². The van der Waals surface area contributed by atoms with Crippen LogP contribution in [0.15, 0.2) is 30.5 Å². The van der Waals surface area contributed by atoms with Crippen LogP contribution in [0.1, 0.15) is 25.7 Å². The zero-order valence-corrected chi connectivity index (χ0v) is 10.7. The number of fused-ring (bicyclic) bond motifs is 3. The van der Waals surface area contributed by atoms with E-state index < -0.39 is 0 Å². The Bertz CT molecular complexity index is 589. The Balaban J connectivity index is 1.54. The van der Waals surface area contributed by atoms with Crippen LogP contribution in [0.5, 0.6) is 5.88 Å². The van der Waals surface area contributed by atoms with Crippen molar-refractivity contribution in [3.63, 3.8) is 0 Å². The lowest BCUT2D eigenvalue weighted by atomic mass is 10.0. The summed E-state index contributed by atoms with van der Waals surface area (Å²) in [6.07, 6.45) is 6.78. The van der Waals surface area contributed by atoms with E-state index in [-0.39, 0.29) is 6.10 Å². The molecule has 0 spiro atoms. The molecule has 2 aromatic rings. The first-order valence-corrected chi connectivity index (χ1v) is 7.01. The van der Waals surface area contributed by atoms with Gasteiger partial charge in [0.05, 0.1) is 17.2 Å². The molecule has 0 aliphatic carbocycles. The van der Waals surface area contributed by atoms with Crippen molar-refractivity contribution in [3.05, 3.63) is 30.5 Å². The topological polar surface area (TPSA) is 47.0 Å². The second-order valence-corrected chi connectivity index (χ2v) is 5.55. The van der Waals surface area contributed by atoms with E-state index in [4.69, 9.17) is 4.74 Å². The molecule has 1 N–H and O–H groups in total. The molecular weight excluding hydrogens is 238 g/mol. The molecule has 2 aliphatic heterocycles. The summed E-state index contributed by atoms with van der Waals surface area (Å²) in [5, 5.41) is 3.62. The molecule has 4 heteroatoms. The van der Waals surface area contributed by atoms with Gasteiger partial charge in [-0.2, -0.15) is 0 Å². The van der Waals surface area contributed by atoms with E-state index in [2.05, 4.69) is 15.3 Å². The standard InChI is InChI=1S/C15H17N3O/c1-2-4-14-13(3-1)16-9-15(18-14)19-12-7-10-5-6-11(8-12)17-10/h1-4,9-12,17H,5-8H2/t10-,11+,12?. The molecule has 3 atom stereocenters. The lowest BCUT2D eigenvalue weighted by Gasteiger charge is -2.29. The van der Waals surface area contributed by atoms with Gasteiger partial charge in [0.2, 0.25) is 5.88 Å². The van der Waals surface area contributed by atoms with E-state index >= 15 is 0 Å². The fourth-order valence-corrected chi connectivity index (χ4v) is 3.27. The van der Waals surface area contributed by atoms with Crippen LogP contribution in [-0.2, 0) is 0 Å². The highest BCUT2D eigenvalue weighted by Gasteiger charge is 2.34. The number of benzene rings is 1. The van der Waals surface area contributed by atoms with Gasteiger partial charge in [0, 0.05) is 12.1 Å². The van der Waals surface area contributed by atoms with Crippen molar-refractivity contribution < 1.29 is 4.74 Å². The predicted octanol–water partition coefficient (Wildman–Crippen LogP) is 2.29. The Kier molecular flexibility index (Phi) is 2.62. The fourth-order valence-electron chi connectivity index (χ4n) is 3.27. The molecule has 2 fully saturated rings. The minimum Gasteiger partial charge on any atom is -0.473 e. The third-order valence-electron chi connectivity index (χ3n) is 4.14. The van der Waals surface area contributed by atoms with E-state index in [1.54, 1.807) is 6.20 Å². The van der Waals surface area contributed by atoms with Crippen molar-refractivity contribution in [3.8, 4) is 5.88 Å². The molecule has 4 rings (SSSR count). The summed E-state index contributed by atoms with van der Waals surface area (Å²) >= 11 is 0. The zero-order chi connectivity index (χ0) is 12.7. The van der Waals surface area contributed by atoms with Crippen LogP contribution in [0.3, 0.4) is 0 Å². The molecule has 98 valence electrons. The molecule has 4 nitrogen and oxygen atoms in total. The van der Waals surface area contributed by atoms with Gasteiger partial charge in [0.25, 0.3) is 0 Å². The summed E-state index contributed by atoms with van der Waals surface area (Å²) in [4.78, 5) is 8.93. The van der Waals surface area contributed by atoms with E-state index in [1.807, 2.05) is 24.3 Å². The summed E-state index contributed by atoms with van der Waals surface area (Å²) in [7, 11) is 0. The molecule has 2 saturated heterocycles. The first-order chi connectivity index (χ1) is 9.37. The average molecular weight is 255 g/mol. The molecule has 2 bridgehead atoms. The zero-order valence-electron chi connectivity index (χ0n) is 10.7. The maximum absolute atomic E-state index is 6.03. The van der Waals surface area contributed by atoms with Crippen molar-refractivity contribution in [2.45, 2.75) is 43.9 Å². The molecule has 3 heterocycles. The molecule has 19 heavy (non-hydrogen) atoms. The van der Waals surface area contributed by atoms with Gasteiger partial charge in [-0.3, -0.25) is 0 Å². The number of para-hydroxylation sites is 2. The van der Waals surface area contributed by atoms with Crippen LogP contribution in [0.4, 0.5) is 0 Å². The highest BCUT2D eigenvalue weighted by molar-refractivity contribution is 5.73. The molecule has 1 aromatic carbocycles. The van der Waals surface area contributed by atoms with Crippen LogP contribution in [-0.4, -0.2) is 28.2 Å². The van der Waals surface area contributed by atoms with Crippen LogP contribution in [0.2, 0.25) is 0 Å². The SMILES string of the molecule is c1ccc2nc(OC3C[C@H]4CC[C@@H](C3)N4)cnc2c1. The lowest BCUT2D eigenvalue weighted by molar-refractivity contribution is 0.132. The van der Waals surface area contributed by atoms with Gasteiger partial charge in [-0.15, -0.1) is 0 Å². The lowest BCUT2D eigenvalue weighted by Crippen LogP contribution is -2.42. The van der Waals surface area contributed by atoms with E-state index in [9.17, 15) is 0 Å². The van der Waals surface area contributed by atoms with Crippen LogP contribution in [0.25, 0.3) is 11.0 Å². The number of nitrogens with one attached hydrogen (secondary N) is 1. The minimum atomic E-state index is 0.286.